The van der Waals surface area contributed by atoms with Gasteiger partial charge in [0.1, 0.15) is 5.75 Å². The van der Waals surface area contributed by atoms with Gasteiger partial charge in [0.2, 0.25) is 0 Å². The van der Waals surface area contributed by atoms with Gasteiger partial charge < -0.3 is 15.4 Å². The number of aryl methyl sites for hydroxylation is 1. The molecule has 0 spiro atoms. The molecule has 0 saturated carbocycles. The highest BCUT2D eigenvalue weighted by Gasteiger charge is 2.13. The lowest BCUT2D eigenvalue weighted by Crippen LogP contribution is -2.15. The number of hydrogen-bond acceptors (Lipinski definition) is 3. The average molecular weight is 402 g/mol. The van der Waals surface area contributed by atoms with Crippen LogP contribution >= 0.6 is 0 Å². The fourth-order valence-corrected chi connectivity index (χ4v) is 2.90. The number of hydrogen-bond donors (Lipinski definition) is 2. The fraction of sp³-hybridized carbons (Fsp3) is 0.200. The molecule has 0 aliphatic heterocycles. The van der Waals surface area contributed by atoms with Gasteiger partial charge in [-0.05, 0) is 60.9 Å². The van der Waals surface area contributed by atoms with Crippen molar-refractivity contribution in [2.24, 2.45) is 5.92 Å². The summed E-state index contributed by atoms with van der Waals surface area (Å²) in [6, 6.07) is 21.6. The van der Waals surface area contributed by atoms with E-state index in [1.165, 1.54) is 0 Å². The summed E-state index contributed by atoms with van der Waals surface area (Å²) in [6.45, 7) is 6.56. The maximum atomic E-state index is 12.7. The Kier molecular flexibility index (Phi) is 6.86. The molecule has 2 amide bonds. The number of anilines is 2. The third kappa shape index (κ3) is 5.47. The van der Waals surface area contributed by atoms with Crippen LogP contribution in [0.1, 0.15) is 40.1 Å². The summed E-state index contributed by atoms with van der Waals surface area (Å²) in [5.41, 5.74) is 3.31. The Morgan fingerprint density at radius 2 is 1.27 bits per heavy atom. The van der Waals surface area contributed by atoms with Gasteiger partial charge in [0, 0.05) is 16.9 Å². The Morgan fingerprint density at radius 3 is 1.83 bits per heavy atom. The van der Waals surface area contributed by atoms with E-state index in [-0.39, 0.29) is 11.8 Å². The van der Waals surface area contributed by atoms with Crippen molar-refractivity contribution in [3.8, 4) is 5.75 Å². The van der Waals surface area contributed by atoms with E-state index < -0.39 is 0 Å². The molecule has 3 aromatic carbocycles. The predicted octanol–water partition coefficient (Wildman–Crippen LogP) is 5.53. The number of rotatable bonds is 7. The van der Waals surface area contributed by atoms with Gasteiger partial charge >= 0.3 is 0 Å². The third-order valence-corrected chi connectivity index (χ3v) is 4.49. The Hall–Kier alpha value is -3.60. The van der Waals surface area contributed by atoms with Crippen molar-refractivity contribution in [3.63, 3.8) is 0 Å². The number of benzene rings is 3. The van der Waals surface area contributed by atoms with Gasteiger partial charge in [-0.2, -0.15) is 0 Å². The Labute approximate surface area is 177 Å². The number of carbonyl (C=O) groups is 2. The van der Waals surface area contributed by atoms with Gasteiger partial charge in [0.15, 0.2) is 0 Å². The smallest absolute Gasteiger partial charge is 0.259 e. The number of para-hydroxylation sites is 1. The molecule has 0 atom stereocenters. The van der Waals surface area contributed by atoms with E-state index in [9.17, 15) is 9.59 Å². The molecule has 2 N–H and O–H groups in total. The first-order chi connectivity index (χ1) is 14.4. The highest BCUT2D eigenvalue weighted by molar-refractivity contribution is 6.07. The molecule has 0 fully saturated rings. The van der Waals surface area contributed by atoms with Gasteiger partial charge in [0.25, 0.3) is 11.8 Å². The van der Waals surface area contributed by atoms with Crippen molar-refractivity contribution in [2.75, 3.05) is 17.2 Å². The zero-order valence-corrected chi connectivity index (χ0v) is 17.4. The SMILES string of the molecule is Cc1ccccc1C(=O)Nc1ccc(NC(=O)c2ccccc2OCC(C)C)cc1. The largest absolute Gasteiger partial charge is 0.492 e. The van der Waals surface area contributed by atoms with Crippen LogP contribution in [-0.4, -0.2) is 18.4 Å². The first kappa shape index (κ1) is 21.1. The van der Waals surface area contributed by atoms with Gasteiger partial charge in [-0.15, -0.1) is 0 Å². The van der Waals surface area contributed by atoms with E-state index in [2.05, 4.69) is 24.5 Å². The third-order valence-electron chi connectivity index (χ3n) is 4.49. The van der Waals surface area contributed by atoms with E-state index in [0.717, 1.165) is 5.56 Å². The average Bonchev–Trinajstić information content (AvgIpc) is 2.74. The van der Waals surface area contributed by atoms with E-state index in [0.29, 0.717) is 40.8 Å². The molecule has 3 rings (SSSR count). The monoisotopic (exact) mass is 402 g/mol. The number of ether oxygens (including phenoxy) is 1. The van der Waals surface area contributed by atoms with Crippen LogP contribution in [0.5, 0.6) is 5.75 Å². The molecular weight excluding hydrogens is 376 g/mol. The molecule has 154 valence electrons. The predicted molar refractivity (Wildman–Crippen MR) is 120 cm³/mol. The number of nitrogens with one attached hydrogen (secondary N) is 2. The van der Waals surface area contributed by atoms with Crippen molar-refractivity contribution in [1.29, 1.82) is 0 Å². The molecule has 5 nitrogen and oxygen atoms in total. The minimum absolute atomic E-state index is 0.166. The lowest BCUT2D eigenvalue weighted by atomic mass is 10.1. The van der Waals surface area contributed by atoms with E-state index >= 15 is 0 Å². The second-order valence-electron chi connectivity index (χ2n) is 7.50. The normalized spacial score (nSPS) is 10.5. The highest BCUT2D eigenvalue weighted by atomic mass is 16.5. The van der Waals surface area contributed by atoms with Gasteiger partial charge in [0.05, 0.1) is 12.2 Å². The molecule has 0 unspecified atom stereocenters. The summed E-state index contributed by atoms with van der Waals surface area (Å²) >= 11 is 0. The van der Waals surface area contributed by atoms with Crippen LogP contribution in [0.15, 0.2) is 72.8 Å². The summed E-state index contributed by atoms with van der Waals surface area (Å²) in [4.78, 5) is 25.1. The molecule has 0 radical (unpaired) electrons. The summed E-state index contributed by atoms with van der Waals surface area (Å²) in [5.74, 6) is 0.515. The zero-order valence-electron chi connectivity index (χ0n) is 17.4. The van der Waals surface area contributed by atoms with Crippen LogP contribution in [0.3, 0.4) is 0 Å². The second kappa shape index (κ2) is 9.74. The number of carbonyl (C=O) groups excluding carboxylic acids is 2. The molecule has 0 aliphatic rings. The van der Waals surface area contributed by atoms with E-state index in [1.807, 2.05) is 31.2 Å². The molecule has 0 bridgehead atoms. The zero-order chi connectivity index (χ0) is 21.5. The van der Waals surface area contributed by atoms with Crippen molar-refractivity contribution >= 4 is 23.2 Å². The lowest BCUT2D eigenvalue weighted by molar-refractivity contribution is 0.101. The molecular formula is C25H26N2O3. The molecule has 5 heteroatoms. The topological polar surface area (TPSA) is 67.4 Å². The first-order valence-electron chi connectivity index (χ1n) is 9.94. The van der Waals surface area contributed by atoms with Crippen LogP contribution in [0.25, 0.3) is 0 Å². The van der Waals surface area contributed by atoms with Crippen molar-refractivity contribution < 1.29 is 14.3 Å². The minimum atomic E-state index is -0.244. The minimum Gasteiger partial charge on any atom is -0.492 e. The van der Waals surface area contributed by atoms with Crippen LogP contribution in [0, 0.1) is 12.8 Å². The van der Waals surface area contributed by atoms with Crippen molar-refractivity contribution in [3.05, 3.63) is 89.5 Å². The lowest BCUT2D eigenvalue weighted by Gasteiger charge is -2.13. The standard InChI is InChI=1S/C25H26N2O3/c1-17(2)16-30-23-11-7-6-10-22(23)25(29)27-20-14-12-19(13-15-20)26-24(28)21-9-5-4-8-18(21)3/h4-15,17H,16H2,1-3H3,(H,26,28)(H,27,29). The molecule has 30 heavy (non-hydrogen) atoms. The fourth-order valence-electron chi connectivity index (χ4n) is 2.90. The quantitative estimate of drug-likeness (QED) is 0.546. The van der Waals surface area contributed by atoms with Crippen LogP contribution in [-0.2, 0) is 0 Å². The summed E-state index contributed by atoms with van der Waals surface area (Å²) < 4.78 is 5.76. The maximum Gasteiger partial charge on any atom is 0.259 e. The van der Waals surface area contributed by atoms with E-state index in [1.54, 1.807) is 48.5 Å². The van der Waals surface area contributed by atoms with Crippen molar-refractivity contribution in [1.82, 2.24) is 0 Å². The summed E-state index contributed by atoms with van der Waals surface area (Å²) in [5, 5.41) is 5.75. The van der Waals surface area contributed by atoms with Gasteiger partial charge in [-0.3, -0.25) is 9.59 Å². The first-order valence-corrected chi connectivity index (χ1v) is 9.94. The Morgan fingerprint density at radius 1 is 0.767 bits per heavy atom. The second-order valence-corrected chi connectivity index (χ2v) is 7.50. The highest BCUT2D eigenvalue weighted by Crippen LogP contribution is 2.21. The molecule has 0 aliphatic carbocycles. The molecule has 0 aromatic heterocycles. The van der Waals surface area contributed by atoms with Crippen LogP contribution in [0.4, 0.5) is 11.4 Å². The molecule has 0 saturated heterocycles. The molecule has 0 heterocycles. The Balaban J connectivity index is 1.65. The molecule has 3 aromatic rings. The van der Waals surface area contributed by atoms with Gasteiger partial charge in [-0.25, -0.2) is 0 Å². The summed E-state index contributed by atoms with van der Waals surface area (Å²) in [7, 11) is 0. The number of amides is 2. The Bertz CT molecular complexity index is 1030. The van der Waals surface area contributed by atoms with Crippen LogP contribution < -0.4 is 15.4 Å². The van der Waals surface area contributed by atoms with Crippen LogP contribution in [0.2, 0.25) is 0 Å². The van der Waals surface area contributed by atoms with Crippen molar-refractivity contribution in [2.45, 2.75) is 20.8 Å². The van der Waals surface area contributed by atoms with Gasteiger partial charge in [-0.1, -0.05) is 44.2 Å². The van der Waals surface area contributed by atoms with E-state index in [4.69, 9.17) is 4.74 Å². The maximum absolute atomic E-state index is 12.7. The summed E-state index contributed by atoms with van der Waals surface area (Å²) in [6.07, 6.45) is 0.